The molecule has 0 N–H and O–H groups in total. The highest BCUT2D eigenvalue weighted by Crippen LogP contribution is 2.39. The number of nitrogens with zero attached hydrogens (tertiary/aromatic N) is 2. The zero-order chi connectivity index (χ0) is 25.3. The number of rotatable bonds is 5. The molecule has 38 heavy (non-hydrogen) atoms. The molecule has 0 amide bonds. The van der Waals surface area contributed by atoms with Crippen molar-refractivity contribution in [2.24, 2.45) is 0 Å². The van der Waals surface area contributed by atoms with Gasteiger partial charge in [0.25, 0.3) is 0 Å². The lowest BCUT2D eigenvalue weighted by Crippen LogP contribution is -2.09. The van der Waals surface area contributed by atoms with Gasteiger partial charge in [-0.1, -0.05) is 84.9 Å². The molecule has 179 valence electrons. The lowest BCUT2D eigenvalue weighted by Gasteiger charge is -2.25. The summed E-state index contributed by atoms with van der Waals surface area (Å²) in [6, 6.07) is 56.8. The average Bonchev–Trinajstić information content (AvgIpc) is 3.34. The second-order valence-corrected chi connectivity index (χ2v) is 9.37. The van der Waals surface area contributed by atoms with Gasteiger partial charge in [-0.2, -0.15) is 0 Å². The van der Waals surface area contributed by atoms with E-state index in [1.807, 2.05) is 0 Å². The third-order valence-corrected chi connectivity index (χ3v) is 7.10. The van der Waals surface area contributed by atoms with Crippen molar-refractivity contribution in [3.63, 3.8) is 0 Å². The van der Waals surface area contributed by atoms with Crippen LogP contribution in [0.15, 0.2) is 152 Å². The molecule has 0 aliphatic heterocycles. The molecule has 0 fully saturated rings. The van der Waals surface area contributed by atoms with Gasteiger partial charge in [0.2, 0.25) is 0 Å². The number of aromatic nitrogens is 1. The van der Waals surface area contributed by atoms with Crippen molar-refractivity contribution < 1.29 is 0 Å². The van der Waals surface area contributed by atoms with E-state index >= 15 is 0 Å². The Hall–Kier alpha value is -5.08. The highest BCUT2D eigenvalue weighted by atomic mass is 15.1. The van der Waals surface area contributed by atoms with Gasteiger partial charge in [-0.15, -0.1) is 0 Å². The summed E-state index contributed by atoms with van der Waals surface area (Å²) in [4.78, 5) is 2.29. The smallest absolute Gasteiger partial charge is 0.0619 e. The summed E-state index contributed by atoms with van der Waals surface area (Å²) in [5.41, 5.74) is 9.26. The SMILES string of the molecule is [c]1cc(-c2ccc(N(c3ccccc3)c3ccccc3)cc2)c2c(c1)c1ccccc1n2-c1ccccc1. The zero-order valence-corrected chi connectivity index (χ0v) is 20.8. The first-order valence-corrected chi connectivity index (χ1v) is 12.9. The van der Waals surface area contributed by atoms with E-state index in [-0.39, 0.29) is 0 Å². The first kappa shape index (κ1) is 22.1. The van der Waals surface area contributed by atoms with Crippen molar-refractivity contribution in [3.05, 3.63) is 158 Å². The Morgan fingerprint density at radius 3 is 1.68 bits per heavy atom. The molecule has 0 aliphatic carbocycles. The second kappa shape index (κ2) is 9.42. The van der Waals surface area contributed by atoms with Crippen LogP contribution in [0.25, 0.3) is 38.6 Å². The van der Waals surface area contributed by atoms with Crippen LogP contribution in [0, 0.1) is 6.07 Å². The molecule has 0 unspecified atom stereocenters. The van der Waals surface area contributed by atoms with Crippen LogP contribution in [0.4, 0.5) is 17.1 Å². The van der Waals surface area contributed by atoms with Crippen LogP contribution in [-0.4, -0.2) is 4.57 Å². The number of benzene rings is 6. The molecule has 2 nitrogen and oxygen atoms in total. The summed E-state index contributed by atoms with van der Waals surface area (Å²) >= 11 is 0. The Balaban J connectivity index is 1.41. The highest BCUT2D eigenvalue weighted by Gasteiger charge is 2.17. The van der Waals surface area contributed by atoms with Gasteiger partial charge in [-0.3, -0.25) is 0 Å². The van der Waals surface area contributed by atoms with Crippen molar-refractivity contribution in [2.75, 3.05) is 4.90 Å². The second-order valence-electron chi connectivity index (χ2n) is 9.37. The molecular weight excluding hydrogens is 460 g/mol. The van der Waals surface area contributed by atoms with Crippen molar-refractivity contribution in [2.45, 2.75) is 0 Å². The lowest BCUT2D eigenvalue weighted by atomic mass is 10.0. The van der Waals surface area contributed by atoms with E-state index in [4.69, 9.17) is 0 Å². The Morgan fingerprint density at radius 2 is 1.03 bits per heavy atom. The Labute approximate surface area is 222 Å². The van der Waals surface area contributed by atoms with Gasteiger partial charge < -0.3 is 9.47 Å². The van der Waals surface area contributed by atoms with Gasteiger partial charge in [0.05, 0.1) is 11.0 Å². The van der Waals surface area contributed by atoms with Gasteiger partial charge in [-0.05, 0) is 78.4 Å². The van der Waals surface area contributed by atoms with Crippen molar-refractivity contribution in [1.29, 1.82) is 0 Å². The molecule has 0 atom stereocenters. The Bertz CT molecular complexity index is 1800. The molecule has 7 aromatic rings. The molecule has 7 rings (SSSR count). The summed E-state index contributed by atoms with van der Waals surface area (Å²) < 4.78 is 2.38. The molecule has 0 bridgehead atoms. The minimum absolute atomic E-state index is 1.12. The molecule has 0 spiro atoms. The van der Waals surface area contributed by atoms with Crippen LogP contribution in [0.1, 0.15) is 0 Å². The van der Waals surface area contributed by atoms with Crippen molar-refractivity contribution >= 4 is 38.9 Å². The first-order chi connectivity index (χ1) is 18.9. The van der Waals surface area contributed by atoms with E-state index in [9.17, 15) is 0 Å². The first-order valence-electron chi connectivity index (χ1n) is 12.9. The Morgan fingerprint density at radius 1 is 0.474 bits per heavy atom. The van der Waals surface area contributed by atoms with Gasteiger partial charge in [0.15, 0.2) is 0 Å². The van der Waals surface area contributed by atoms with E-state index in [1.165, 1.54) is 27.4 Å². The largest absolute Gasteiger partial charge is 0.311 e. The standard InChI is InChI=1S/C36H25N2/c1-4-13-28(14-5-1)37(29-15-6-2-7-16-29)31-25-23-27(24-26-31)32-20-12-21-34-33-19-10-11-22-35(33)38(36(32)34)30-17-8-3-9-18-30/h1-11,13-26H. The predicted octanol–water partition coefficient (Wildman–Crippen LogP) is 9.72. The highest BCUT2D eigenvalue weighted by molar-refractivity contribution is 6.13. The third-order valence-electron chi connectivity index (χ3n) is 7.10. The molecule has 1 heterocycles. The Kier molecular flexibility index (Phi) is 5.49. The van der Waals surface area contributed by atoms with Crippen LogP contribution in [0.3, 0.4) is 0 Å². The lowest BCUT2D eigenvalue weighted by molar-refractivity contribution is 1.18. The van der Waals surface area contributed by atoms with Gasteiger partial charge >= 0.3 is 0 Å². The van der Waals surface area contributed by atoms with Gasteiger partial charge in [0.1, 0.15) is 0 Å². The van der Waals surface area contributed by atoms with Crippen LogP contribution < -0.4 is 4.90 Å². The van der Waals surface area contributed by atoms with Crippen LogP contribution >= 0.6 is 0 Å². The van der Waals surface area contributed by atoms with E-state index in [0.29, 0.717) is 0 Å². The maximum absolute atomic E-state index is 3.42. The average molecular weight is 486 g/mol. The van der Waals surface area contributed by atoms with Gasteiger partial charge in [0, 0.05) is 39.1 Å². The predicted molar refractivity (Wildman–Crippen MR) is 160 cm³/mol. The molecular formula is C36H25N2. The van der Waals surface area contributed by atoms with E-state index in [0.717, 1.165) is 28.3 Å². The third kappa shape index (κ3) is 3.75. The summed E-state index contributed by atoms with van der Waals surface area (Å²) in [6.45, 7) is 0. The fourth-order valence-electron chi connectivity index (χ4n) is 5.41. The summed E-state index contributed by atoms with van der Waals surface area (Å²) in [5.74, 6) is 0. The quantitative estimate of drug-likeness (QED) is 0.236. The van der Waals surface area contributed by atoms with E-state index in [1.54, 1.807) is 0 Å². The summed E-state index contributed by atoms with van der Waals surface area (Å²) in [7, 11) is 0. The molecule has 0 saturated heterocycles. The monoisotopic (exact) mass is 485 g/mol. The minimum atomic E-state index is 1.12. The van der Waals surface area contributed by atoms with Crippen LogP contribution in [0.5, 0.6) is 0 Å². The van der Waals surface area contributed by atoms with Crippen LogP contribution in [0.2, 0.25) is 0 Å². The molecule has 1 aromatic heterocycles. The van der Waals surface area contributed by atoms with E-state index in [2.05, 4.69) is 167 Å². The fourth-order valence-corrected chi connectivity index (χ4v) is 5.41. The summed E-state index contributed by atoms with van der Waals surface area (Å²) in [6.07, 6.45) is 0. The maximum Gasteiger partial charge on any atom is 0.0619 e. The molecule has 1 radical (unpaired) electrons. The van der Waals surface area contributed by atoms with Crippen molar-refractivity contribution in [3.8, 4) is 16.8 Å². The molecule has 0 aliphatic rings. The molecule has 6 aromatic carbocycles. The normalized spacial score (nSPS) is 11.2. The zero-order valence-electron chi connectivity index (χ0n) is 20.8. The summed E-state index contributed by atoms with van der Waals surface area (Å²) in [5, 5.41) is 2.45. The van der Waals surface area contributed by atoms with E-state index < -0.39 is 0 Å². The topological polar surface area (TPSA) is 8.17 Å². The van der Waals surface area contributed by atoms with Crippen LogP contribution in [-0.2, 0) is 0 Å². The fraction of sp³-hybridized carbons (Fsp3) is 0. The maximum atomic E-state index is 3.42. The molecule has 2 heteroatoms. The number of anilines is 3. The number of hydrogen-bond acceptors (Lipinski definition) is 1. The van der Waals surface area contributed by atoms with Gasteiger partial charge in [-0.25, -0.2) is 0 Å². The molecule has 0 saturated carbocycles. The van der Waals surface area contributed by atoms with Crippen molar-refractivity contribution in [1.82, 2.24) is 4.57 Å². The number of para-hydroxylation sites is 4. The number of hydrogen-bond donors (Lipinski definition) is 0. The number of fused-ring (bicyclic) bond motifs is 3. The minimum Gasteiger partial charge on any atom is -0.311 e.